The van der Waals surface area contributed by atoms with Gasteiger partial charge in [0.1, 0.15) is 5.41 Å². The maximum Gasteiger partial charge on any atom is 0.240 e. The largest absolute Gasteiger partial charge is 0.352 e. The van der Waals surface area contributed by atoms with Gasteiger partial charge in [0.25, 0.3) is 0 Å². The normalized spacial score (nSPS) is 30.3. The van der Waals surface area contributed by atoms with Gasteiger partial charge < -0.3 is 5.32 Å². The third kappa shape index (κ3) is 3.29. The van der Waals surface area contributed by atoms with Crippen LogP contribution in [0.2, 0.25) is 0 Å². The number of rotatable bonds is 3. The van der Waals surface area contributed by atoms with Crippen LogP contribution in [-0.4, -0.2) is 11.9 Å². The quantitative estimate of drug-likeness (QED) is 0.845. The summed E-state index contributed by atoms with van der Waals surface area (Å²) < 4.78 is 0. The van der Waals surface area contributed by atoms with Crippen LogP contribution in [0.5, 0.6) is 0 Å². The van der Waals surface area contributed by atoms with E-state index >= 15 is 0 Å². The molecule has 2 aliphatic rings. The van der Waals surface area contributed by atoms with Crippen molar-refractivity contribution in [1.82, 2.24) is 5.32 Å². The van der Waals surface area contributed by atoms with E-state index in [0.717, 1.165) is 50.9 Å². The first-order chi connectivity index (χ1) is 9.20. The van der Waals surface area contributed by atoms with Crippen molar-refractivity contribution in [3.8, 4) is 6.07 Å². The van der Waals surface area contributed by atoms with Crippen LogP contribution < -0.4 is 5.32 Å². The molecule has 0 aromatic carbocycles. The summed E-state index contributed by atoms with van der Waals surface area (Å²) in [5.74, 6) is 0.849. The SMILES string of the molecule is CCC1CCC(NC(=O)C2(C#N)CCCCC2)CC1. The van der Waals surface area contributed by atoms with Crippen molar-refractivity contribution in [2.45, 2.75) is 77.2 Å². The Bertz CT molecular complexity index is 344. The lowest BCUT2D eigenvalue weighted by Gasteiger charge is -2.33. The Hall–Kier alpha value is -1.04. The van der Waals surface area contributed by atoms with E-state index in [1.54, 1.807) is 0 Å². The first kappa shape index (κ1) is 14.4. The maximum atomic E-state index is 12.4. The number of nitrogens with one attached hydrogen (secondary N) is 1. The molecule has 106 valence electrons. The van der Waals surface area contributed by atoms with Gasteiger partial charge in [0.05, 0.1) is 6.07 Å². The Morgan fingerprint density at radius 3 is 2.37 bits per heavy atom. The zero-order chi connectivity index (χ0) is 13.7. The number of carbonyl (C=O) groups is 1. The molecule has 0 aromatic heterocycles. The van der Waals surface area contributed by atoms with Gasteiger partial charge in [-0.05, 0) is 44.4 Å². The molecule has 2 fully saturated rings. The van der Waals surface area contributed by atoms with Crippen LogP contribution in [0, 0.1) is 22.7 Å². The summed E-state index contributed by atoms with van der Waals surface area (Å²) >= 11 is 0. The third-order valence-corrected chi connectivity index (χ3v) is 5.12. The van der Waals surface area contributed by atoms with Gasteiger partial charge in [-0.2, -0.15) is 5.26 Å². The van der Waals surface area contributed by atoms with Gasteiger partial charge in [-0.3, -0.25) is 4.79 Å². The Labute approximate surface area is 116 Å². The summed E-state index contributed by atoms with van der Waals surface area (Å²) in [6, 6.07) is 2.62. The Kier molecular flexibility index (Phi) is 4.85. The van der Waals surface area contributed by atoms with E-state index in [-0.39, 0.29) is 5.91 Å². The lowest BCUT2D eigenvalue weighted by atomic mass is 9.74. The standard InChI is InChI=1S/C16H26N2O/c1-2-13-6-8-14(9-7-13)18-15(19)16(12-17)10-4-3-5-11-16/h13-14H,2-11H2,1H3,(H,18,19). The van der Waals surface area contributed by atoms with E-state index in [0.29, 0.717) is 6.04 Å². The van der Waals surface area contributed by atoms with E-state index in [1.165, 1.54) is 19.3 Å². The topological polar surface area (TPSA) is 52.9 Å². The number of amides is 1. The van der Waals surface area contributed by atoms with Crippen LogP contribution in [0.1, 0.15) is 71.1 Å². The second kappa shape index (κ2) is 6.41. The summed E-state index contributed by atoms with van der Waals surface area (Å²) in [7, 11) is 0. The number of hydrogen-bond acceptors (Lipinski definition) is 2. The fraction of sp³-hybridized carbons (Fsp3) is 0.875. The fourth-order valence-electron chi connectivity index (χ4n) is 3.58. The Morgan fingerprint density at radius 2 is 1.84 bits per heavy atom. The maximum absolute atomic E-state index is 12.4. The Morgan fingerprint density at radius 1 is 1.21 bits per heavy atom. The highest BCUT2D eigenvalue weighted by molar-refractivity contribution is 5.85. The summed E-state index contributed by atoms with van der Waals surface area (Å²) in [4.78, 5) is 12.4. The molecule has 0 heterocycles. The van der Waals surface area contributed by atoms with Crippen LogP contribution in [0.15, 0.2) is 0 Å². The first-order valence-electron chi connectivity index (χ1n) is 7.92. The summed E-state index contributed by atoms with van der Waals surface area (Å²) in [6.07, 6.45) is 10.6. The van der Waals surface area contributed by atoms with Crippen molar-refractivity contribution in [2.24, 2.45) is 11.3 Å². The molecule has 2 saturated carbocycles. The highest BCUT2D eigenvalue weighted by Crippen LogP contribution is 2.36. The predicted octanol–water partition coefficient (Wildman–Crippen LogP) is 3.55. The van der Waals surface area contributed by atoms with Gasteiger partial charge in [0.15, 0.2) is 0 Å². The average molecular weight is 262 g/mol. The van der Waals surface area contributed by atoms with E-state index in [4.69, 9.17) is 0 Å². The summed E-state index contributed by atoms with van der Waals surface area (Å²) in [5, 5.41) is 12.6. The van der Waals surface area contributed by atoms with Gasteiger partial charge in [-0.15, -0.1) is 0 Å². The molecule has 2 rings (SSSR count). The molecule has 0 unspecified atom stereocenters. The fourth-order valence-corrected chi connectivity index (χ4v) is 3.58. The highest BCUT2D eigenvalue weighted by atomic mass is 16.2. The molecule has 2 aliphatic carbocycles. The lowest BCUT2D eigenvalue weighted by molar-refractivity contribution is -0.130. The van der Waals surface area contributed by atoms with Gasteiger partial charge in [0, 0.05) is 6.04 Å². The molecular formula is C16H26N2O. The van der Waals surface area contributed by atoms with Crippen molar-refractivity contribution >= 4 is 5.91 Å². The van der Waals surface area contributed by atoms with E-state index in [9.17, 15) is 10.1 Å². The predicted molar refractivity (Wildman–Crippen MR) is 75.3 cm³/mol. The van der Waals surface area contributed by atoms with Crippen molar-refractivity contribution in [2.75, 3.05) is 0 Å². The minimum atomic E-state index is -0.722. The van der Waals surface area contributed by atoms with Gasteiger partial charge in [-0.1, -0.05) is 32.6 Å². The molecule has 19 heavy (non-hydrogen) atoms. The molecule has 0 aromatic rings. The summed E-state index contributed by atoms with van der Waals surface area (Å²) in [5.41, 5.74) is -0.722. The number of nitrogens with zero attached hydrogens (tertiary/aromatic N) is 1. The van der Waals surface area contributed by atoms with E-state index in [2.05, 4.69) is 18.3 Å². The molecule has 3 nitrogen and oxygen atoms in total. The molecule has 1 amide bonds. The smallest absolute Gasteiger partial charge is 0.240 e. The molecular weight excluding hydrogens is 236 g/mol. The molecule has 0 saturated heterocycles. The summed E-state index contributed by atoms with van der Waals surface area (Å²) in [6.45, 7) is 2.25. The molecule has 0 radical (unpaired) electrons. The molecule has 0 spiro atoms. The monoisotopic (exact) mass is 262 g/mol. The minimum Gasteiger partial charge on any atom is -0.352 e. The van der Waals surface area contributed by atoms with Gasteiger partial charge >= 0.3 is 0 Å². The second-order valence-corrected chi connectivity index (χ2v) is 6.35. The molecule has 0 bridgehead atoms. The van der Waals surface area contributed by atoms with Gasteiger partial charge in [-0.25, -0.2) is 0 Å². The number of hydrogen-bond donors (Lipinski definition) is 1. The number of nitriles is 1. The molecule has 3 heteroatoms. The third-order valence-electron chi connectivity index (χ3n) is 5.12. The highest BCUT2D eigenvalue weighted by Gasteiger charge is 2.40. The van der Waals surface area contributed by atoms with Crippen molar-refractivity contribution in [3.05, 3.63) is 0 Å². The van der Waals surface area contributed by atoms with E-state index < -0.39 is 5.41 Å². The van der Waals surface area contributed by atoms with Crippen LogP contribution >= 0.6 is 0 Å². The van der Waals surface area contributed by atoms with Crippen LogP contribution in [0.4, 0.5) is 0 Å². The zero-order valence-electron chi connectivity index (χ0n) is 12.1. The minimum absolute atomic E-state index is 0.00893. The van der Waals surface area contributed by atoms with Crippen molar-refractivity contribution in [3.63, 3.8) is 0 Å². The average Bonchev–Trinajstić information content (AvgIpc) is 2.48. The molecule has 0 aliphatic heterocycles. The lowest BCUT2D eigenvalue weighted by Crippen LogP contribution is -2.47. The van der Waals surface area contributed by atoms with Crippen LogP contribution in [0.3, 0.4) is 0 Å². The molecule has 0 atom stereocenters. The van der Waals surface area contributed by atoms with Crippen molar-refractivity contribution < 1.29 is 4.79 Å². The molecule has 1 N–H and O–H groups in total. The second-order valence-electron chi connectivity index (χ2n) is 6.35. The van der Waals surface area contributed by atoms with E-state index in [1.807, 2.05) is 0 Å². The van der Waals surface area contributed by atoms with Gasteiger partial charge in [0.2, 0.25) is 5.91 Å². The van der Waals surface area contributed by atoms with Crippen LogP contribution in [0.25, 0.3) is 0 Å². The number of carbonyl (C=O) groups excluding carboxylic acids is 1. The first-order valence-corrected chi connectivity index (χ1v) is 7.92. The van der Waals surface area contributed by atoms with Crippen LogP contribution in [-0.2, 0) is 4.79 Å². The Balaban J connectivity index is 1.88. The van der Waals surface area contributed by atoms with Crippen molar-refractivity contribution in [1.29, 1.82) is 5.26 Å². The zero-order valence-corrected chi connectivity index (χ0v) is 12.1.